The Morgan fingerprint density at radius 1 is 1.33 bits per heavy atom. The van der Waals surface area contributed by atoms with Gasteiger partial charge in [0.05, 0.1) is 6.61 Å². The number of carbonyl (C=O) groups is 1. The van der Waals surface area contributed by atoms with Crippen LogP contribution >= 0.6 is 0 Å². The van der Waals surface area contributed by atoms with Crippen molar-refractivity contribution in [1.82, 2.24) is 0 Å². The van der Waals surface area contributed by atoms with Crippen LogP contribution in [-0.4, -0.2) is 12.6 Å². The van der Waals surface area contributed by atoms with Crippen LogP contribution < -0.4 is 0 Å². The highest BCUT2D eigenvalue weighted by atomic mass is 16.5. The largest absolute Gasteiger partial charge is 0.466 e. The minimum atomic E-state index is -0.0551. The number of esters is 1. The lowest BCUT2D eigenvalue weighted by molar-refractivity contribution is -0.144. The summed E-state index contributed by atoms with van der Waals surface area (Å²) in [5, 5.41) is 0. The molecule has 2 nitrogen and oxygen atoms in total. The summed E-state index contributed by atoms with van der Waals surface area (Å²) >= 11 is 0. The first-order valence-corrected chi connectivity index (χ1v) is 6.00. The van der Waals surface area contributed by atoms with E-state index in [1.54, 1.807) is 0 Å². The van der Waals surface area contributed by atoms with Crippen molar-refractivity contribution in [3.8, 4) is 0 Å². The van der Waals surface area contributed by atoms with E-state index in [0.29, 0.717) is 24.4 Å². The molecule has 0 aliphatic heterocycles. The predicted octanol–water partition coefficient (Wildman–Crippen LogP) is 3.79. The molecule has 15 heavy (non-hydrogen) atoms. The average Bonchev–Trinajstić information content (AvgIpc) is 2.00. The molecule has 0 amide bonds. The highest BCUT2D eigenvalue weighted by molar-refractivity contribution is 5.69. The van der Waals surface area contributed by atoms with E-state index < -0.39 is 0 Å². The molecule has 0 fully saturated rings. The van der Waals surface area contributed by atoms with Gasteiger partial charge in [-0.3, -0.25) is 4.79 Å². The van der Waals surface area contributed by atoms with Crippen molar-refractivity contribution < 1.29 is 9.53 Å². The van der Waals surface area contributed by atoms with Gasteiger partial charge in [-0.15, -0.1) is 0 Å². The molecule has 0 bridgehead atoms. The molecule has 0 aliphatic carbocycles. The zero-order valence-corrected chi connectivity index (χ0v) is 10.9. The molecular formula is C13H26O2. The maximum Gasteiger partial charge on any atom is 0.305 e. The number of ether oxygens (including phenoxy) is 1. The molecule has 0 aliphatic rings. The summed E-state index contributed by atoms with van der Waals surface area (Å²) in [7, 11) is 0. The van der Waals surface area contributed by atoms with Gasteiger partial charge in [0.1, 0.15) is 0 Å². The van der Waals surface area contributed by atoms with Gasteiger partial charge in [-0.1, -0.05) is 34.6 Å². The lowest BCUT2D eigenvalue weighted by atomic mass is 9.84. The summed E-state index contributed by atoms with van der Waals surface area (Å²) in [6.45, 7) is 11.5. The molecule has 90 valence electrons. The normalized spacial score (nSPS) is 13.7. The van der Waals surface area contributed by atoms with E-state index in [2.05, 4.69) is 27.7 Å². The molecule has 2 heteroatoms. The van der Waals surface area contributed by atoms with Gasteiger partial charge >= 0.3 is 5.97 Å². The number of rotatable bonds is 6. The van der Waals surface area contributed by atoms with Crippen molar-refractivity contribution >= 4 is 5.97 Å². The first kappa shape index (κ1) is 14.5. The molecule has 0 N–H and O–H groups in total. The zero-order valence-electron chi connectivity index (χ0n) is 10.9. The van der Waals surface area contributed by atoms with Crippen LogP contribution in [0, 0.1) is 11.3 Å². The molecule has 0 aromatic carbocycles. The molecule has 0 saturated carbocycles. The quantitative estimate of drug-likeness (QED) is 0.629. The van der Waals surface area contributed by atoms with E-state index in [-0.39, 0.29) is 5.97 Å². The Morgan fingerprint density at radius 3 is 2.40 bits per heavy atom. The van der Waals surface area contributed by atoms with Crippen LogP contribution in [0.3, 0.4) is 0 Å². The van der Waals surface area contributed by atoms with E-state index in [1.807, 2.05) is 6.92 Å². The van der Waals surface area contributed by atoms with Crippen molar-refractivity contribution in [3.05, 3.63) is 0 Å². The van der Waals surface area contributed by atoms with E-state index >= 15 is 0 Å². The summed E-state index contributed by atoms with van der Waals surface area (Å²) in [4.78, 5) is 11.1. The Hall–Kier alpha value is -0.530. The van der Waals surface area contributed by atoms with E-state index in [1.165, 1.54) is 6.42 Å². The van der Waals surface area contributed by atoms with Gasteiger partial charge in [-0.25, -0.2) is 0 Å². The minimum Gasteiger partial charge on any atom is -0.466 e. The first-order chi connectivity index (χ1) is 6.85. The van der Waals surface area contributed by atoms with E-state index in [4.69, 9.17) is 4.74 Å². The van der Waals surface area contributed by atoms with Crippen molar-refractivity contribution in [1.29, 1.82) is 0 Å². The highest BCUT2D eigenvalue weighted by Crippen LogP contribution is 2.25. The van der Waals surface area contributed by atoms with Crippen LogP contribution in [0.4, 0.5) is 0 Å². The molecule has 0 aromatic heterocycles. The molecule has 0 spiro atoms. The van der Waals surface area contributed by atoms with Crippen LogP contribution in [0.15, 0.2) is 0 Å². The van der Waals surface area contributed by atoms with Gasteiger partial charge in [-0.05, 0) is 30.6 Å². The Morgan fingerprint density at radius 2 is 1.93 bits per heavy atom. The minimum absolute atomic E-state index is 0.0551. The summed E-state index contributed by atoms with van der Waals surface area (Å²) in [6.07, 6.45) is 3.58. The van der Waals surface area contributed by atoms with Crippen molar-refractivity contribution in [3.63, 3.8) is 0 Å². The fourth-order valence-corrected chi connectivity index (χ4v) is 1.80. The summed E-state index contributed by atoms with van der Waals surface area (Å²) in [6, 6.07) is 0. The van der Waals surface area contributed by atoms with Gasteiger partial charge in [-0.2, -0.15) is 0 Å². The zero-order chi connectivity index (χ0) is 11.9. The summed E-state index contributed by atoms with van der Waals surface area (Å²) in [5.74, 6) is 0.569. The number of carbonyl (C=O) groups excluding carboxylic acids is 1. The van der Waals surface area contributed by atoms with Crippen LogP contribution in [-0.2, 0) is 9.53 Å². The second kappa shape index (κ2) is 6.86. The third kappa shape index (κ3) is 9.77. The Labute approximate surface area is 94.4 Å². The second-order valence-electron chi connectivity index (χ2n) is 5.63. The summed E-state index contributed by atoms with van der Waals surface area (Å²) < 4.78 is 5.13. The van der Waals surface area contributed by atoms with Gasteiger partial charge in [0.25, 0.3) is 0 Å². The molecule has 0 radical (unpaired) electrons. The highest BCUT2D eigenvalue weighted by Gasteiger charge is 2.15. The smallest absolute Gasteiger partial charge is 0.305 e. The van der Waals surface area contributed by atoms with Crippen LogP contribution in [0.1, 0.15) is 60.3 Å². The fraction of sp³-hybridized carbons (Fsp3) is 0.923. The molecule has 1 atom stereocenters. The average molecular weight is 214 g/mol. The Kier molecular flexibility index (Phi) is 6.62. The van der Waals surface area contributed by atoms with Crippen molar-refractivity contribution in [2.24, 2.45) is 11.3 Å². The van der Waals surface area contributed by atoms with Crippen molar-refractivity contribution in [2.45, 2.75) is 60.3 Å². The lowest BCUT2D eigenvalue weighted by Gasteiger charge is -2.22. The van der Waals surface area contributed by atoms with Crippen LogP contribution in [0.2, 0.25) is 0 Å². The molecule has 0 aromatic rings. The maximum absolute atomic E-state index is 11.1. The van der Waals surface area contributed by atoms with Crippen molar-refractivity contribution in [2.75, 3.05) is 6.61 Å². The predicted molar refractivity (Wildman–Crippen MR) is 63.7 cm³/mol. The van der Waals surface area contributed by atoms with Gasteiger partial charge in [0, 0.05) is 6.42 Å². The monoisotopic (exact) mass is 214 g/mol. The standard InChI is InChI=1S/C13H26O2/c1-6-7-12(14)15-9-8-11(2)10-13(3,4)5/h11H,6-10H2,1-5H3/t11-/m0/s1. The molecule has 0 saturated heterocycles. The first-order valence-electron chi connectivity index (χ1n) is 6.00. The van der Waals surface area contributed by atoms with E-state index in [0.717, 1.165) is 12.8 Å². The topological polar surface area (TPSA) is 26.3 Å². The number of hydrogen-bond donors (Lipinski definition) is 0. The Bertz CT molecular complexity index is 179. The summed E-state index contributed by atoms with van der Waals surface area (Å²) in [5.41, 5.74) is 0.368. The van der Waals surface area contributed by atoms with Crippen LogP contribution in [0.25, 0.3) is 0 Å². The van der Waals surface area contributed by atoms with Gasteiger partial charge in [0.2, 0.25) is 0 Å². The fourth-order valence-electron chi connectivity index (χ4n) is 1.80. The Balaban J connectivity index is 3.55. The molecule has 0 rings (SSSR count). The lowest BCUT2D eigenvalue weighted by Crippen LogP contribution is -2.14. The van der Waals surface area contributed by atoms with Gasteiger partial charge in [0.15, 0.2) is 0 Å². The molecular weight excluding hydrogens is 188 g/mol. The van der Waals surface area contributed by atoms with Crippen LogP contribution in [0.5, 0.6) is 0 Å². The maximum atomic E-state index is 11.1. The second-order valence-corrected chi connectivity index (χ2v) is 5.63. The molecule has 0 unspecified atom stereocenters. The van der Waals surface area contributed by atoms with E-state index in [9.17, 15) is 4.79 Å². The third-order valence-corrected chi connectivity index (χ3v) is 2.29. The number of hydrogen-bond acceptors (Lipinski definition) is 2. The van der Waals surface area contributed by atoms with Gasteiger partial charge < -0.3 is 4.74 Å². The molecule has 0 heterocycles. The SMILES string of the molecule is CCCC(=O)OCC[C@H](C)CC(C)(C)C. The third-order valence-electron chi connectivity index (χ3n) is 2.29.